The molecule has 1 aliphatic rings. The van der Waals surface area contributed by atoms with Crippen LogP contribution in [0.5, 0.6) is 0 Å². The first-order valence-corrected chi connectivity index (χ1v) is 6.94. The fourth-order valence-electron chi connectivity index (χ4n) is 2.49. The summed E-state index contributed by atoms with van der Waals surface area (Å²) in [5.41, 5.74) is 0.349. The van der Waals surface area contributed by atoms with E-state index in [4.69, 9.17) is 0 Å². The lowest BCUT2D eigenvalue weighted by Crippen LogP contribution is -2.36. The zero-order chi connectivity index (χ0) is 13.8. The van der Waals surface area contributed by atoms with Crippen molar-refractivity contribution in [1.29, 1.82) is 0 Å². The first kappa shape index (κ1) is 12.8. The molecule has 2 aromatic rings. The van der Waals surface area contributed by atoms with Crippen LogP contribution in [0, 0.1) is 0 Å². The topological polar surface area (TPSA) is 72.7 Å². The van der Waals surface area contributed by atoms with Gasteiger partial charge >= 0.3 is 0 Å². The molecule has 1 fully saturated rings. The number of hydrogen-bond acceptors (Lipinski definition) is 4. The highest BCUT2D eigenvalue weighted by molar-refractivity contribution is 5.92. The molecule has 6 heteroatoms. The van der Waals surface area contributed by atoms with Crippen LogP contribution < -0.4 is 5.32 Å². The summed E-state index contributed by atoms with van der Waals surface area (Å²) in [6, 6.07) is 0.273. The second-order valence-corrected chi connectivity index (χ2v) is 5.04. The Balaban J connectivity index is 1.73. The molecule has 0 aliphatic heterocycles. The summed E-state index contributed by atoms with van der Waals surface area (Å²) in [5, 5.41) is 3.04. The molecule has 0 unspecified atom stereocenters. The lowest BCUT2D eigenvalue weighted by molar-refractivity contribution is 0.0922. The summed E-state index contributed by atoms with van der Waals surface area (Å²) in [6.07, 6.45) is 13.9. The summed E-state index contributed by atoms with van der Waals surface area (Å²) >= 11 is 0. The van der Waals surface area contributed by atoms with Crippen LogP contribution in [0.3, 0.4) is 0 Å². The number of carbonyl (C=O) groups excluding carboxylic acids is 1. The molecule has 0 radical (unpaired) electrons. The minimum absolute atomic E-state index is 0.147. The van der Waals surface area contributed by atoms with Crippen molar-refractivity contribution in [2.75, 3.05) is 0 Å². The fourth-order valence-corrected chi connectivity index (χ4v) is 2.49. The molecule has 1 saturated carbocycles. The van der Waals surface area contributed by atoms with E-state index in [0.29, 0.717) is 11.5 Å². The van der Waals surface area contributed by atoms with Crippen LogP contribution in [0.2, 0.25) is 0 Å². The standard InChI is InChI=1S/C14H17N5O/c20-14(17-11-4-2-1-3-5-11)12-8-16-9-13(18-12)19-7-6-15-10-19/h6-11H,1-5H2,(H,17,20). The molecule has 0 saturated heterocycles. The fraction of sp³-hybridized carbons (Fsp3) is 0.429. The number of hydrogen-bond donors (Lipinski definition) is 1. The van der Waals surface area contributed by atoms with Crippen molar-refractivity contribution in [2.45, 2.75) is 38.1 Å². The van der Waals surface area contributed by atoms with E-state index in [2.05, 4.69) is 20.3 Å². The van der Waals surface area contributed by atoms with Gasteiger partial charge in [0.15, 0.2) is 5.82 Å². The molecule has 20 heavy (non-hydrogen) atoms. The number of nitrogens with one attached hydrogen (secondary N) is 1. The summed E-state index contributed by atoms with van der Waals surface area (Å²) in [6.45, 7) is 0. The lowest BCUT2D eigenvalue weighted by Gasteiger charge is -2.22. The summed E-state index contributed by atoms with van der Waals surface area (Å²) < 4.78 is 1.73. The van der Waals surface area contributed by atoms with Gasteiger partial charge in [0, 0.05) is 18.4 Å². The molecule has 0 spiro atoms. The highest BCUT2D eigenvalue weighted by Crippen LogP contribution is 2.17. The van der Waals surface area contributed by atoms with Crippen molar-refractivity contribution in [3.8, 4) is 5.82 Å². The van der Waals surface area contributed by atoms with Crippen LogP contribution in [0.15, 0.2) is 31.1 Å². The van der Waals surface area contributed by atoms with Crippen LogP contribution in [-0.4, -0.2) is 31.5 Å². The molecule has 0 bridgehead atoms. The molecule has 6 nitrogen and oxygen atoms in total. The highest BCUT2D eigenvalue weighted by Gasteiger charge is 2.17. The van der Waals surface area contributed by atoms with Gasteiger partial charge in [-0.2, -0.15) is 0 Å². The van der Waals surface area contributed by atoms with Gasteiger partial charge in [0.2, 0.25) is 0 Å². The Kier molecular flexibility index (Phi) is 3.71. The second kappa shape index (κ2) is 5.81. The van der Waals surface area contributed by atoms with E-state index < -0.39 is 0 Å². The van der Waals surface area contributed by atoms with E-state index >= 15 is 0 Å². The van der Waals surface area contributed by atoms with Crippen molar-refractivity contribution < 1.29 is 4.79 Å². The Bertz CT molecular complexity index is 575. The van der Waals surface area contributed by atoms with Gasteiger partial charge in [-0.3, -0.25) is 14.3 Å². The largest absolute Gasteiger partial charge is 0.348 e. The van der Waals surface area contributed by atoms with Crippen molar-refractivity contribution in [3.63, 3.8) is 0 Å². The third-order valence-corrected chi connectivity index (χ3v) is 3.56. The minimum Gasteiger partial charge on any atom is -0.348 e. The molecule has 2 aromatic heterocycles. The molecule has 2 heterocycles. The van der Waals surface area contributed by atoms with E-state index in [1.807, 2.05) is 0 Å². The first-order valence-electron chi connectivity index (χ1n) is 6.94. The Labute approximate surface area is 117 Å². The van der Waals surface area contributed by atoms with Gasteiger partial charge in [-0.05, 0) is 12.8 Å². The molecule has 1 aliphatic carbocycles. The second-order valence-electron chi connectivity index (χ2n) is 5.04. The van der Waals surface area contributed by atoms with Crippen molar-refractivity contribution in [1.82, 2.24) is 24.8 Å². The number of aromatic nitrogens is 4. The molecule has 0 aromatic carbocycles. The van der Waals surface area contributed by atoms with E-state index in [9.17, 15) is 4.79 Å². The minimum atomic E-state index is -0.147. The van der Waals surface area contributed by atoms with E-state index in [1.165, 1.54) is 25.5 Å². The number of nitrogens with zero attached hydrogens (tertiary/aromatic N) is 4. The predicted octanol–water partition coefficient (Wildman–Crippen LogP) is 1.72. The molecule has 3 rings (SSSR count). The van der Waals surface area contributed by atoms with E-state index in [-0.39, 0.29) is 11.9 Å². The van der Waals surface area contributed by atoms with Crippen LogP contribution in [0.1, 0.15) is 42.6 Å². The zero-order valence-electron chi connectivity index (χ0n) is 11.2. The van der Waals surface area contributed by atoms with E-state index in [1.54, 1.807) is 29.5 Å². The third-order valence-electron chi connectivity index (χ3n) is 3.56. The number of imidazole rings is 1. The smallest absolute Gasteiger partial charge is 0.271 e. The summed E-state index contributed by atoms with van der Waals surface area (Å²) in [5.74, 6) is 0.449. The average Bonchev–Trinajstić information content (AvgIpc) is 3.03. The number of rotatable bonds is 3. The monoisotopic (exact) mass is 271 g/mol. The maximum absolute atomic E-state index is 12.2. The molecule has 0 atom stereocenters. The van der Waals surface area contributed by atoms with Crippen LogP contribution in [-0.2, 0) is 0 Å². The number of amides is 1. The molecular formula is C14H17N5O. The third kappa shape index (κ3) is 2.84. The van der Waals surface area contributed by atoms with Gasteiger partial charge in [-0.15, -0.1) is 0 Å². The molecule has 104 valence electrons. The van der Waals surface area contributed by atoms with Gasteiger partial charge in [0.1, 0.15) is 12.0 Å². The van der Waals surface area contributed by atoms with Crippen molar-refractivity contribution >= 4 is 5.91 Å². The zero-order valence-corrected chi connectivity index (χ0v) is 11.2. The van der Waals surface area contributed by atoms with Gasteiger partial charge in [0.25, 0.3) is 5.91 Å². The summed E-state index contributed by atoms with van der Waals surface area (Å²) in [4.78, 5) is 24.6. The van der Waals surface area contributed by atoms with Gasteiger partial charge in [-0.1, -0.05) is 19.3 Å². The van der Waals surface area contributed by atoms with Crippen molar-refractivity contribution in [2.24, 2.45) is 0 Å². The molecule has 1 amide bonds. The van der Waals surface area contributed by atoms with Gasteiger partial charge in [-0.25, -0.2) is 9.97 Å². The Morgan fingerprint density at radius 3 is 2.80 bits per heavy atom. The normalized spacial score (nSPS) is 16.0. The Morgan fingerprint density at radius 2 is 2.05 bits per heavy atom. The predicted molar refractivity (Wildman–Crippen MR) is 73.5 cm³/mol. The molecular weight excluding hydrogens is 254 g/mol. The quantitative estimate of drug-likeness (QED) is 0.922. The van der Waals surface area contributed by atoms with Crippen molar-refractivity contribution in [3.05, 3.63) is 36.8 Å². The number of carbonyl (C=O) groups is 1. The van der Waals surface area contributed by atoms with E-state index in [0.717, 1.165) is 12.8 Å². The van der Waals surface area contributed by atoms with Crippen LogP contribution in [0.25, 0.3) is 5.82 Å². The first-order chi connectivity index (χ1) is 9.83. The highest BCUT2D eigenvalue weighted by atomic mass is 16.1. The maximum Gasteiger partial charge on any atom is 0.271 e. The summed E-state index contributed by atoms with van der Waals surface area (Å²) in [7, 11) is 0. The lowest BCUT2D eigenvalue weighted by atomic mass is 9.95. The van der Waals surface area contributed by atoms with Crippen LogP contribution in [0.4, 0.5) is 0 Å². The van der Waals surface area contributed by atoms with Gasteiger partial charge < -0.3 is 5.32 Å². The SMILES string of the molecule is O=C(NC1CCCCC1)c1cncc(-n2ccnc2)n1. The maximum atomic E-state index is 12.2. The average molecular weight is 271 g/mol. The molecule has 1 N–H and O–H groups in total. The Hall–Kier alpha value is -2.24. The van der Waals surface area contributed by atoms with Gasteiger partial charge in [0.05, 0.1) is 12.4 Å². The van der Waals surface area contributed by atoms with Crippen LogP contribution >= 0.6 is 0 Å². The Morgan fingerprint density at radius 1 is 1.20 bits per heavy atom.